The Bertz CT molecular complexity index is 833. The van der Waals surface area contributed by atoms with Crippen molar-refractivity contribution in [3.63, 3.8) is 0 Å². The molecular weight excluding hydrogens is 374 g/mol. The van der Waals surface area contributed by atoms with Gasteiger partial charge in [0.15, 0.2) is 5.65 Å². The number of benzene rings is 1. The van der Waals surface area contributed by atoms with Gasteiger partial charge in [-0.2, -0.15) is 0 Å². The molecule has 2 aromatic heterocycles. The Morgan fingerprint density at radius 3 is 1.93 bits per heavy atom. The first kappa shape index (κ1) is 22.2. The van der Waals surface area contributed by atoms with Gasteiger partial charge < -0.3 is 19.7 Å². The molecule has 1 aromatic carbocycles. The van der Waals surface area contributed by atoms with E-state index in [9.17, 15) is 0 Å². The van der Waals surface area contributed by atoms with Gasteiger partial charge in [-0.15, -0.1) is 0 Å². The minimum Gasteiger partial charge on any atom is -0.369 e. The van der Waals surface area contributed by atoms with Crippen LogP contribution in [0.5, 0.6) is 0 Å². The summed E-state index contributed by atoms with van der Waals surface area (Å²) in [5.41, 5.74) is 3.87. The lowest BCUT2D eigenvalue weighted by Gasteiger charge is -2.30. The highest BCUT2D eigenvalue weighted by Crippen LogP contribution is 2.23. The number of nitrogens with zero attached hydrogens (tertiary/aromatic N) is 6. The fraction of sp³-hybridized carbons (Fsp3) is 0.522. The van der Waals surface area contributed by atoms with E-state index >= 15 is 0 Å². The molecule has 0 aliphatic heterocycles. The minimum atomic E-state index is 0.698. The van der Waals surface area contributed by atoms with Crippen LogP contribution in [0.4, 0.5) is 5.69 Å². The number of hydrogen-bond acceptors (Lipinski definition) is 6. The number of nitrogens with one attached hydrogen (secondary N) is 1. The molecular formula is C23H35N7. The summed E-state index contributed by atoms with van der Waals surface area (Å²) in [7, 11) is 0. The van der Waals surface area contributed by atoms with Gasteiger partial charge in [-0.3, -0.25) is 0 Å². The Morgan fingerprint density at radius 1 is 0.800 bits per heavy atom. The molecule has 0 atom stereocenters. The predicted octanol–water partition coefficient (Wildman–Crippen LogP) is 3.51. The van der Waals surface area contributed by atoms with Gasteiger partial charge in [-0.05, 0) is 50.4 Å². The molecule has 7 heteroatoms. The van der Waals surface area contributed by atoms with Crippen molar-refractivity contribution in [3.8, 4) is 11.4 Å². The summed E-state index contributed by atoms with van der Waals surface area (Å²) in [6.07, 6.45) is 3.29. The number of imidazole rings is 1. The van der Waals surface area contributed by atoms with E-state index in [2.05, 4.69) is 86.6 Å². The third-order valence-corrected chi connectivity index (χ3v) is 5.83. The quantitative estimate of drug-likeness (QED) is 0.494. The first-order valence-electron chi connectivity index (χ1n) is 11.1. The molecule has 0 fully saturated rings. The topological polar surface area (TPSA) is 64.2 Å². The molecule has 3 aromatic rings. The van der Waals surface area contributed by atoms with E-state index in [-0.39, 0.29) is 0 Å². The molecule has 3 rings (SSSR count). The van der Waals surface area contributed by atoms with Crippen molar-refractivity contribution in [2.24, 2.45) is 0 Å². The predicted molar refractivity (Wildman–Crippen MR) is 125 cm³/mol. The average Bonchev–Trinajstić information content (AvgIpc) is 3.23. The lowest BCUT2D eigenvalue weighted by molar-refractivity contribution is 0.294. The van der Waals surface area contributed by atoms with Crippen LogP contribution in [0, 0.1) is 0 Å². The van der Waals surface area contributed by atoms with E-state index in [0.29, 0.717) is 5.65 Å². The average molecular weight is 410 g/mol. The van der Waals surface area contributed by atoms with Gasteiger partial charge in [0.05, 0.1) is 6.20 Å². The molecule has 0 unspecified atom stereocenters. The fourth-order valence-electron chi connectivity index (χ4n) is 3.70. The van der Waals surface area contributed by atoms with Crippen LogP contribution < -0.4 is 4.90 Å². The van der Waals surface area contributed by atoms with Gasteiger partial charge in [0.25, 0.3) is 0 Å². The first-order valence-corrected chi connectivity index (χ1v) is 11.1. The molecule has 0 aliphatic rings. The van der Waals surface area contributed by atoms with Gasteiger partial charge >= 0.3 is 0 Å². The van der Waals surface area contributed by atoms with Crippen LogP contribution >= 0.6 is 0 Å². The fourth-order valence-corrected chi connectivity index (χ4v) is 3.70. The lowest BCUT2D eigenvalue weighted by atomic mass is 10.2. The normalized spacial score (nSPS) is 11.7. The van der Waals surface area contributed by atoms with Crippen LogP contribution in [-0.4, -0.2) is 82.1 Å². The summed E-state index contributed by atoms with van der Waals surface area (Å²) < 4.78 is 0. The maximum Gasteiger partial charge on any atom is 0.181 e. The Labute approximate surface area is 180 Å². The molecule has 1 N–H and O–H groups in total. The molecule has 30 heavy (non-hydrogen) atoms. The standard InChI is InChI=1S/C23H35N7/c1-5-28(6-2)13-15-30(16-14-29(7-3)8-4)20-11-9-19(10-12-20)22-26-21-17-24-18-25-23(21)27-22/h9-12,17-18H,5-8,13-16H2,1-4H3,(H,24,25,26,27). The van der Waals surface area contributed by atoms with Crippen LogP contribution in [0.25, 0.3) is 22.6 Å². The highest BCUT2D eigenvalue weighted by Gasteiger charge is 2.12. The first-order chi connectivity index (χ1) is 14.7. The van der Waals surface area contributed by atoms with Crippen molar-refractivity contribution >= 4 is 16.9 Å². The highest BCUT2D eigenvalue weighted by atomic mass is 15.2. The second kappa shape index (κ2) is 11.0. The number of aromatic amines is 1. The smallest absolute Gasteiger partial charge is 0.181 e. The van der Waals surface area contributed by atoms with Crippen molar-refractivity contribution in [1.82, 2.24) is 29.7 Å². The monoisotopic (exact) mass is 409 g/mol. The van der Waals surface area contributed by atoms with Crippen molar-refractivity contribution in [3.05, 3.63) is 36.8 Å². The van der Waals surface area contributed by atoms with Gasteiger partial charge in [0, 0.05) is 37.4 Å². The van der Waals surface area contributed by atoms with E-state index in [1.165, 1.54) is 12.0 Å². The van der Waals surface area contributed by atoms with E-state index in [4.69, 9.17) is 0 Å². The lowest BCUT2D eigenvalue weighted by Crippen LogP contribution is -2.39. The molecule has 162 valence electrons. The zero-order valence-electron chi connectivity index (χ0n) is 18.8. The molecule has 0 amide bonds. The number of anilines is 1. The second-order valence-corrected chi connectivity index (χ2v) is 7.43. The molecule has 2 heterocycles. The zero-order valence-corrected chi connectivity index (χ0v) is 18.8. The third-order valence-electron chi connectivity index (χ3n) is 5.83. The highest BCUT2D eigenvalue weighted by molar-refractivity contribution is 5.75. The van der Waals surface area contributed by atoms with E-state index in [1.807, 2.05) is 0 Å². The van der Waals surface area contributed by atoms with Crippen molar-refractivity contribution < 1.29 is 0 Å². The summed E-state index contributed by atoms with van der Waals surface area (Å²) in [5.74, 6) is 0.829. The van der Waals surface area contributed by atoms with Crippen LogP contribution in [0.15, 0.2) is 36.8 Å². The minimum absolute atomic E-state index is 0.698. The summed E-state index contributed by atoms with van der Waals surface area (Å²) in [4.78, 5) is 23.6. The summed E-state index contributed by atoms with van der Waals surface area (Å²) >= 11 is 0. The maximum absolute atomic E-state index is 4.59. The van der Waals surface area contributed by atoms with Crippen LogP contribution in [0.2, 0.25) is 0 Å². The van der Waals surface area contributed by atoms with Gasteiger partial charge in [0.2, 0.25) is 0 Å². The summed E-state index contributed by atoms with van der Waals surface area (Å²) in [6.45, 7) is 17.5. The Balaban J connectivity index is 1.75. The van der Waals surface area contributed by atoms with Gasteiger partial charge in [-0.1, -0.05) is 27.7 Å². The summed E-state index contributed by atoms with van der Waals surface area (Å²) in [6, 6.07) is 8.70. The Hall–Kier alpha value is -2.51. The Morgan fingerprint density at radius 2 is 1.40 bits per heavy atom. The van der Waals surface area contributed by atoms with Crippen molar-refractivity contribution in [2.45, 2.75) is 27.7 Å². The number of aromatic nitrogens is 4. The van der Waals surface area contributed by atoms with Gasteiger partial charge in [-0.25, -0.2) is 15.0 Å². The van der Waals surface area contributed by atoms with Crippen LogP contribution in [0.3, 0.4) is 0 Å². The van der Waals surface area contributed by atoms with Crippen molar-refractivity contribution in [1.29, 1.82) is 0 Å². The number of fused-ring (bicyclic) bond motifs is 1. The molecule has 7 nitrogen and oxygen atoms in total. The van der Waals surface area contributed by atoms with E-state index in [0.717, 1.165) is 69.3 Å². The molecule has 0 spiro atoms. The maximum atomic E-state index is 4.59. The van der Waals surface area contributed by atoms with Crippen LogP contribution in [0.1, 0.15) is 27.7 Å². The SMILES string of the molecule is CCN(CC)CCN(CCN(CC)CC)c1ccc(-c2nc3ncncc3[nH]2)cc1. The number of likely N-dealkylation sites (N-methyl/N-ethyl adjacent to an activating group) is 2. The zero-order chi connectivity index (χ0) is 21.3. The molecule has 0 saturated carbocycles. The van der Waals surface area contributed by atoms with E-state index < -0.39 is 0 Å². The van der Waals surface area contributed by atoms with Crippen LogP contribution in [-0.2, 0) is 0 Å². The third kappa shape index (κ3) is 5.55. The molecule has 0 aliphatic carbocycles. The number of hydrogen-bond donors (Lipinski definition) is 1. The second-order valence-electron chi connectivity index (χ2n) is 7.43. The molecule has 0 saturated heterocycles. The molecule has 0 bridgehead atoms. The van der Waals surface area contributed by atoms with Crippen molar-refractivity contribution in [2.75, 3.05) is 57.3 Å². The summed E-state index contributed by atoms with van der Waals surface area (Å²) in [5, 5.41) is 0. The van der Waals surface area contributed by atoms with Gasteiger partial charge in [0.1, 0.15) is 17.7 Å². The number of rotatable bonds is 12. The number of H-pyrrole nitrogens is 1. The van der Waals surface area contributed by atoms with E-state index in [1.54, 1.807) is 6.20 Å². The Kier molecular flexibility index (Phi) is 8.16. The largest absolute Gasteiger partial charge is 0.369 e. The molecule has 0 radical (unpaired) electrons.